The van der Waals surface area contributed by atoms with Crippen LogP contribution in [0.1, 0.15) is 26.3 Å². The van der Waals surface area contributed by atoms with E-state index in [2.05, 4.69) is 18.7 Å². The Morgan fingerprint density at radius 2 is 1.79 bits per heavy atom. The van der Waals surface area contributed by atoms with Gasteiger partial charge in [0.2, 0.25) is 0 Å². The van der Waals surface area contributed by atoms with Crippen molar-refractivity contribution < 1.29 is 19.1 Å². The zero-order valence-electron chi connectivity index (χ0n) is 14.1. The normalized spacial score (nSPS) is 17.6. The Morgan fingerprint density at radius 3 is 2.33 bits per heavy atom. The number of carbonyl (C=O) groups is 3. The number of benzene rings is 1. The Balaban J connectivity index is 2.09. The topological polar surface area (TPSA) is 63.7 Å². The molecular weight excluding hydrogens is 306 g/mol. The Bertz CT molecular complexity index is 697. The van der Waals surface area contributed by atoms with Gasteiger partial charge in [-0.05, 0) is 44.5 Å². The Hall–Kier alpha value is -2.69. The molecule has 1 aromatic rings. The van der Waals surface area contributed by atoms with E-state index in [1.54, 1.807) is 6.08 Å². The number of cyclic esters (lactones) is 1. The fraction of sp³-hybridized carbons (Fsp3) is 0.316. The highest BCUT2D eigenvalue weighted by Crippen LogP contribution is 2.18. The number of anilines is 1. The maximum absolute atomic E-state index is 12.1. The first-order chi connectivity index (χ1) is 11.5. The molecule has 0 amide bonds. The van der Waals surface area contributed by atoms with E-state index >= 15 is 0 Å². The summed E-state index contributed by atoms with van der Waals surface area (Å²) in [7, 11) is 0. The van der Waals surface area contributed by atoms with Crippen LogP contribution >= 0.6 is 0 Å². The lowest BCUT2D eigenvalue weighted by molar-refractivity contribution is -0.151. The van der Waals surface area contributed by atoms with Crippen LogP contribution in [0.15, 0.2) is 42.2 Å². The number of allylic oxidation sites excluding steroid dienone is 3. The highest BCUT2D eigenvalue weighted by molar-refractivity contribution is 6.25. The van der Waals surface area contributed by atoms with Gasteiger partial charge in [0.1, 0.15) is 5.76 Å². The molecule has 0 fully saturated rings. The molecule has 5 heteroatoms. The van der Waals surface area contributed by atoms with Gasteiger partial charge in [0.15, 0.2) is 17.5 Å². The predicted octanol–water partition coefficient (Wildman–Crippen LogP) is 2.76. The summed E-state index contributed by atoms with van der Waals surface area (Å²) in [5, 5.41) is 0. The molecular formula is C19H21NO4. The molecule has 126 valence electrons. The van der Waals surface area contributed by atoms with Crippen LogP contribution in [0.25, 0.3) is 6.08 Å². The summed E-state index contributed by atoms with van der Waals surface area (Å²) in [6.45, 7) is 7.52. The van der Waals surface area contributed by atoms with Crippen molar-refractivity contribution in [1.29, 1.82) is 0 Å². The summed E-state index contributed by atoms with van der Waals surface area (Å²) in [6, 6.07) is 7.73. The summed E-state index contributed by atoms with van der Waals surface area (Å²) in [5.41, 5.74) is 1.93. The van der Waals surface area contributed by atoms with Crippen LogP contribution in [0.3, 0.4) is 0 Å². The number of carbonyl (C=O) groups excluding carboxylic acids is 3. The van der Waals surface area contributed by atoms with Gasteiger partial charge in [-0.2, -0.15) is 0 Å². The third-order valence-corrected chi connectivity index (χ3v) is 3.87. The monoisotopic (exact) mass is 327 g/mol. The zero-order valence-corrected chi connectivity index (χ0v) is 14.1. The van der Waals surface area contributed by atoms with E-state index in [-0.39, 0.29) is 5.76 Å². The van der Waals surface area contributed by atoms with Gasteiger partial charge >= 0.3 is 5.97 Å². The fourth-order valence-electron chi connectivity index (χ4n) is 2.56. The van der Waals surface area contributed by atoms with E-state index in [9.17, 15) is 14.4 Å². The van der Waals surface area contributed by atoms with Crippen LogP contribution in [0.2, 0.25) is 0 Å². The lowest BCUT2D eigenvalue weighted by atomic mass is 9.96. The van der Waals surface area contributed by atoms with E-state index in [0.29, 0.717) is 0 Å². The molecule has 1 aliphatic rings. The van der Waals surface area contributed by atoms with Crippen molar-refractivity contribution in [3.8, 4) is 0 Å². The minimum atomic E-state index is -1.39. The minimum absolute atomic E-state index is 0.213. The number of hydrogen-bond acceptors (Lipinski definition) is 5. The minimum Gasteiger partial charge on any atom is -0.430 e. The average Bonchev–Trinajstić information content (AvgIpc) is 2.54. The molecule has 1 aromatic carbocycles. The summed E-state index contributed by atoms with van der Waals surface area (Å²) in [5.74, 6) is -3.09. The van der Waals surface area contributed by atoms with Crippen molar-refractivity contribution >= 4 is 29.3 Å². The van der Waals surface area contributed by atoms with Gasteiger partial charge in [-0.15, -0.1) is 0 Å². The number of esters is 1. The van der Waals surface area contributed by atoms with Crippen molar-refractivity contribution in [2.24, 2.45) is 5.92 Å². The van der Waals surface area contributed by atoms with Crippen molar-refractivity contribution in [3.63, 3.8) is 0 Å². The summed E-state index contributed by atoms with van der Waals surface area (Å²) >= 11 is 0. The number of nitrogens with zero attached hydrogens (tertiary/aromatic N) is 1. The van der Waals surface area contributed by atoms with E-state index in [4.69, 9.17) is 4.74 Å². The molecule has 0 spiro atoms. The summed E-state index contributed by atoms with van der Waals surface area (Å²) < 4.78 is 4.85. The molecule has 1 atom stereocenters. The Morgan fingerprint density at radius 1 is 1.17 bits per heavy atom. The molecule has 1 heterocycles. The third kappa shape index (κ3) is 3.98. The van der Waals surface area contributed by atoms with Crippen molar-refractivity contribution in [2.75, 3.05) is 18.0 Å². The molecule has 0 N–H and O–H groups in total. The first kappa shape index (κ1) is 17.7. The van der Waals surface area contributed by atoms with Gasteiger partial charge in [-0.3, -0.25) is 14.4 Å². The Kier molecular flexibility index (Phi) is 5.68. The molecule has 2 rings (SSSR count). The summed E-state index contributed by atoms with van der Waals surface area (Å²) in [6.07, 6.45) is 4.03. The molecule has 0 bridgehead atoms. The lowest BCUT2D eigenvalue weighted by Crippen LogP contribution is -2.34. The van der Waals surface area contributed by atoms with Gasteiger partial charge in [0, 0.05) is 24.9 Å². The Labute approximate surface area is 141 Å². The third-order valence-electron chi connectivity index (χ3n) is 3.87. The highest BCUT2D eigenvalue weighted by Gasteiger charge is 2.36. The fourth-order valence-corrected chi connectivity index (χ4v) is 2.56. The lowest BCUT2D eigenvalue weighted by Gasteiger charge is -2.20. The number of hydrogen-bond donors (Lipinski definition) is 0. The molecule has 0 unspecified atom stereocenters. The SMILES string of the molecule is CCN(CC)c1ccc(/C=C/C(=O)[C@H]2C(=O)C=C(C)OC2=O)cc1. The van der Waals surface area contributed by atoms with E-state index in [1.807, 2.05) is 24.3 Å². The maximum atomic E-state index is 12.1. The van der Waals surface area contributed by atoms with E-state index < -0.39 is 23.5 Å². The molecule has 0 aliphatic carbocycles. The van der Waals surface area contributed by atoms with E-state index in [0.717, 1.165) is 24.3 Å². The van der Waals surface area contributed by atoms with Gasteiger partial charge in [-0.1, -0.05) is 18.2 Å². The van der Waals surface area contributed by atoms with Crippen LogP contribution in [0.4, 0.5) is 5.69 Å². The number of ether oxygens (including phenoxy) is 1. The van der Waals surface area contributed by atoms with Crippen LogP contribution in [0.5, 0.6) is 0 Å². The van der Waals surface area contributed by atoms with Crippen molar-refractivity contribution in [1.82, 2.24) is 0 Å². The molecule has 1 aliphatic heterocycles. The van der Waals surface area contributed by atoms with Crippen LogP contribution in [0, 0.1) is 5.92 Å². The first-order valence-corrected chi connectivity index (χ1v) is 7.97. The van der Waals surface area contributed by atoms with Gasteiger partial charge in [0.25, 0.3) is 0 Å². The first-order valence-electron chi connectivity index (χ1n) is 7.97. The van der Waals surface area contributed by atoms with Crippen LogP contribution in [-0.4, -0.2) is 30.6 Å². The van der Waals surface area contributed by atoms with Gasteiger partial charge < -0.3 is 9.64 Å². The second kappa shape index (κ2) is 7.73. The summed E-state index contributed by atoms with van der Waals surface area (Å²) in [4.78, 5) is 37.9. The van der Waals surface area contributed by atoms with Crippen molar-refractivity contribution in [3.05, 3.63) is 47.7 Å². The largest absolute Gasteiger partial charge is 0.430 e. The quantitative estimate of drug-likeness (QED) is 0.457. The molecule has 0 saturated carbocycles. The predicted molar refractivity (Wildman–Crippen MR) is 92.4 cm³/mol. The molecule has 24 heavy (non-hydrogen) atoms. The van der Waals surface area contributed by atoms with Gasteiger partial charge in [0.05, 0.1) is 0 Å². The number of ketones is 2. The number of rotatable bonds is 6. The average molecular weight is 327 g/mol. The van der Waals surface area contributed by atoms with Crippen LogP contribution < -0.4 is 4.90 Å². The second-order valence-electron chi connectivity index (χ2n) is 5.51. The second-order valence-corrected chi connectivity index (χ2v) is 5.51. The molecule has 0 saturated heterocycles. The smallest absolute Gasteiger partial charge is 0.329 e. The van der Waals surface area contributed by atoms with Crippen LogP contribution in [-0.2, 0) is 19.1 Å². The van der Waals surface area contributed by atoms with Gasteiger partial charge in [-0.25, -0.2) is 0 Å². The van der Waals surface area contributed by atoms with E-state index in [1.165, 1.54) is 19.1 Å². The molecule has 5 nitrogen and oxygen atoms in total. The zero-order chi connectivity index (χ0) is 17.7. The molecule has 0 aromatic heterocycles. The highest BCUT2D eigenvalue weighted by atomic mass is 16.5. The molecule has 0 radical (unpaired) electrons. The standard InChI is InChI=1S/C19H21NO4/c1-4-20(5-2)15-9-6-14(7-10-15)8-11-16(21)18-17(22)12-13(3)24-19(18)23/h6-12,18H,4-5H2,1-3H3/b11-8+/t18-/m0/s1. The maximum Gasteiger partial charge on any atom is 0.329 e. The van der Waals surface area contributed by atoms with Crippen molar-refractivity contribution in [2.45, 2.75) is 20.8 Å².